The summed E-state index contributed by atoms with van der Waals surface area (Å²) in [6.45, 7) is 8.69. The van der Waals surface area contributed by atoms with E-state index in [0.29, 0.717) is 5.11 Å². The molecule has 206 valence electrons. The smallest absolute Gasteiger partial charge is 0.174 e. The predicted octanol–water partition coefficient (Wildman–Crippen LogP) is 8.21. The highest BCUT2D eigenvalue weighted by molar-refractivity contribution is 7.80. The number of pyridine rings is 1. The highest BCUT2D eigenvalue weighted by Gasteiger charge is 2.42. The Morgan fingerprint density at radius 1 is 0.925 bits per heavy atom. The molecule has 4 aromatic rings. The molecular weight excluding hydrogens is 557 g/mol. The minimum atomic E-state index is -0.130. The van der Waals surface area contributed by atoms with Crippen LogP contribution in [0.3, 0.4) is 0 Å². The quantitative estimate of drug-likeness (QED) is 0.237. The first-order valence-electron chi connectivity index (χ1n) is 13.8. The molecular formula is C32H33Cl2N5S. The number of benzene rings is 2. The molecule has 5 nitrogen and oxygen atoms in total. The first-order valence-corrected chi connectivity index (χ1v) is 15.0. The van der Waals surface area contributed by atoms with Crippen LogP contribution in [0, 0.1) is 19.8 Å². The zero-order chi connectivity index (χ0) is 28.0. The van der Waals surface area contributed by atoms with Gasteiger partial charge in [0.1, 0.15) is 0 Å². The summed E-state index contributed by atoms with van der Waals surface area (Å²) in [4.78, 5) is 9.33. The Morgan fingerprint density at radius 2 is 1.65 bits per heavy atom. The summed E-state index contributed by atoms with van der Waals surface area (Å²) in [7, 11) is 0. The van der Waals surface area contributed by atoms with Crippen LogP contribution < -0.4 is 15.1 Å². The van der Waals surface area contributed by atoms with E-state index in [1.54, 1.807) is 0 Å². The van der Waals surface area contributed by atoms with E-state index in [2.05, 4.69) is 82.9 Å². The van der Waals surface area contributed by atoms with Crippen LogP contribution in [0.5, 0.6) is 0 Å². The molecule has 0 spiro atoms. The van der Waals surface area contributed by atoms with E-state index in [0.717, 1.165) is 63.2 Å². The first kappa shape index (κ1) is 27.1. The topological polar surface area (TPSA) is 36.3 Å². The number of nitrogens with zero attached hydrogens (tertiary/aromatic N) is 4. The molecule has 6 rings (SSSR count). The number of hydrogen-bond donors (Lipinski definition) is 1. The van der Waals surface area contributed by atoms with Gasteiger partial charge in [-0.25, -0.2) is 0 Å². The average molecular weight is 591 g/mol. The molecule has 0 aliphatic carbocycles. The van der Waals surface area contributed by atoms with E-state index in [9.17, 15) is 0 Å². The van der Waals surface area contributed by atoms with Crippen molar-refractivity contribution < 1.29 is 0 Å². The third-order valence-electron chi connectivity index (χ3n) is 8.31. The van der Waals surface area contributed by atoms with Gasteiger partial charge in [0.25, 0.3) is 0 Å². The van der Waals surface area contributed by atoms with E-state index in [1.807, 2.05) is 30.5 Å². The highest BCUT2D eigenvalue weighted by atomic mass is 35.5. The van der Waals surface area contributed by atoms with Gasteiger partial charge in [-0.2, -0.15) is 0 Å². The molecule has 2 saturated heterocycles. The maximum atomic E-state index is 6.97. The number of rotatable bonds is 5. The largest absolute Gasteiger partial charge is 0.370 e. The lowest BCUT2D eigenvalue weighted by Crippen LogP contribution is -2.33. The van der Waals surface area contributed by atoms with Crippen molar-refractivity contribution in [2.24, 2.45) is 5.92 Å². The lowest BCUT2D eigenvalue weighted by atomic mass is 9.96. The fourth-order valence-corrected chi connectivity index (χ4v) is 6.94. The van der Waals surface area contributed by atoms with Crippen LogP contribution in [0.1, 0.15) is 54.5 Å². The maximum Gasteiger partial charge on any atom is 0.174 e. The number of anilines is 2. The summed E-state index contributed by atoms with van der Waals surface area (Å²) in [5, 5.41) is 5.72. The van der Waals surface area contributed by atoms with Crippen molar-refractivity contribution in [3.05, 3.63) is 106 Å². The number of thiocarbonyl (C=S) groups is 1. The molecule has 4 heterocycles. The normalized spacial score (nSPS) is 19.8. The van der Waals surface area contributed by atoms with E-state index >= 15 is 0 Å². The molecule has 0 amide bonds. The van der Waals surface area contributed by atoms with Gasteiger partial charge in [-0.15, -0.1) is 0 Å². The summed E-state index contributed by atoms with van der Waals surface area (Å²) < 4.78 is 2.27. The Hall–Kier alpha value is -3.06. The van der Waals surface area contributed by atoms with Gasteiger partial charge in [-0.1, -0.05) is 36.2 Å². The van der Waals surface area contributed by atoms with Gasteiger partial charge in [-0.3, -0.25) is 4.98 Å². The molecule has 2 aliphatic rings. The number of nitrogens with one attached hydrogen (secondary N) is 1. The van der Waals surface area contributed by atoms with E-state index in [-0.39, 0.29) is 12.1 Å². The molecule has 2 fully saturated rings. The van der Waals surface area contributed by atoms with Crippen molar-refractivity contribution >= 4 is 51.9 Å². The monoisotopic (exact) mass is 589 g/mol. The number of piperidine rings is 1. The van der Waals surface area contributed by atoms with Crippen molar-refractivity contribution in [1.82, 2.24) is 14.9 Å². The van der Waals surface area contributed by atoms with Crippen molar-refractivity contribution in [3.8, 4) is 5.69 Å². The number of aromatic nitrogens is 2. The fourth-order valence-electron chi connectivity index (χ4n) is 6.18. The SMILES string of the molecule is Cc1cc([C@@H]2[C@H](c3ccccn3)NC(=S)N2c2ccc(N3CCC(C)CC3)c(Cl)c2)c(C)n1-c1ccc(Cl)cc1. The molecule has 2 aromatic heterocycles. The van der Waals surface area contributed by atoms with Gasteiger partial charge in [0.05, 0.1) is 28.5 Å². The van der Waals surface area contributed by atoms with Crippen molar-refractivity contribution in [3.63, 3.8) is 0 Å². The summed E-state index contributed by atoms with van der Waals surface area (Å²) in [6, 6.07) is 22.4. The number of halogens is 2. The molecule has 2 aliphatic heterocycles. The standard InChI is InChI=1S/C32H33Cl2N5S/c1-20-13-16-37(17-14-20)29-12-11-25(19-27(29)34)39-31(30(36-32(39)40)28-6-4-5-15-35-28)26-18-21(2)38(22(26)3)24-9-7-23(33)8-10-24/h4-12,15,18-20,30-31H,13-14,16-17H2,1-3H3,(H,36,40)/t30-,31+/m0/s1. The van der Waals surface area contributed by atoms with Crippen LogP contribution in [0.2, 0.25) is 10.0 Å². The second-order valence-electron chi connectivity index (χ2n) is 10.9. The van der Waals surface area contributed by atoms with Crippen LogP contribution in [-0.4, -0.2) is 27.8 Å². The molecule has 0 radical (unpaired) electrons. The predicted molar refractivity (Wildman–Crippen MR) is 170 cm³/mol. The van der Waals surface area contributed by atoms with Gasteiger partial charge in [0.2, 0.25) is 0 Å². The second-order valence-corrected chi connectivity index (χ2v) is 12.2. The van der Waals surface area contributed by atoms with Crippen LogP contribution in [-0.2, 0) is 0 Å². The van der Waals surface area contributed by atoms with E-state index < -0.39 is 0 Å². The van der Waals surface area contributed by atoms with Crippen LogP contribution in [0.15, 0.2) is 72.9 Å². The lowest BCUT2D eigenvalue weighted by Gasteiger charge is -2.33. The van der Waals surface area contributed by atoms with Crippen LogP contribution >= 0.6 is 35.4 Å². The molecule has 8 heteroatoms. The lowest BCUT2D eigenvalue weighted by molar-refractivity contribution is 0.438. The van der Waals surface area contributed by atoms with E-state index in [1.165, 1.54) is 18.4 Å². The minimum absolute atomic E-state index is 0.118. The van der Waals surface area contributed by atoms with Crippen molar-refractivity contribution in [1.29, 1.82) is 0 Å². The third kappa shape index (κ3) is 4.98. The van der Waals surface area contributed by atoms with Gasteiger partial charge in [0, 0.05) is 47.1 Å². The molecule has 40 heavy (non-hydrogen) atoms. The molecule has 0 bridgehead atoms. The Labute approximate surface area is 251 Å². The Balaban J connectivity index is 1.43. The highest BCUT2D eigenvalue weighted by Crippen LogP contribution is 2.45. The zero-order valence-corrected chi connectivity index (χ0v) is 25.3. The number of hydrogen-bond acceptors (Lipinski definition) is 3. The minimum Gasteiger partial charge on any atom is -0.370 e. The summed E-state index contributed by atoms with van der Waals surface area (Å²) in [6.07, 6.45) is 4.21. The van der Waals surface area contributed by atoms with Gasteiger partial charge < -0.3 is 19.7 Å². The van der Waals surface area contributed by atoms with Gasteiger partial charge in [0.15, 0.2) is 5.11 Å². The molecule has 2 aromatic carbocycles. The zero-order valence-electron chi connectivity index (χ0n) is 22.9. The Bertz CT molecular complexity index is 1530. The van der Waals surface area contributed by atoms with Crippen molar-refractivity contribution in [2.45, 2.75) is 45.7 Å². The fraction of sp³-hybridized carbons (Fsp3) is 0.312. The van der Waals surface area contributed by atoms with Gasteiger partial charge in [-0.05, 0) is 111 Å². The molecule has 0 unspecified atom stereocenters. The first-order chi connectivity index (χ1) is 19.3. The third-order valence-corrected chi connectivity index (χ3v) is 9.17. The van der Waals surface area contributed by atoms with Gasteiger partial charge >= 0.3 is 0 Å². The summed E-state index contributed by atoms with van der Waals surface area (Å²) in [5.74, 6) is 0.763. The van der Waals surface area contributed by atoms with E-state index in [4.69, 9.17) is 40.4 Å². The Kier molecular flexibility index (Phi) is 7.51. The summed E-state index contributed by atoms with van der Waals surface area (Å²) in [5.41, 5.74) is 7.54. The summed E-state index contributed by atoms with van der Waals surface area (Å²) >= 11 is 19.2. The molecule has 0 saturated carbocycles. The van der Waals surface area contributed by atoms with Crippen molar-refractivity contribution in [2.75, 3.05) is 22.9 Å². The second kappa shape index (κ2) is 11.1. The average Bonchev–Trinajstić information content (AvgIpc) is 3.45. The molecule has 1 N–H and O–H groups in total. The van der Waals surface area contributed by atoms with Crippen LogP contribution in [0.4, 0.5) is 11.4 Å². The molecule has 2 atom stereocenters. The maximum absolute atomic E-state index is 6.97. The number of aryl methyl sites for hydroxylation is 1. The Morgan fingerprint density at radius 3 is 2.33 bits per heavy atom. The van der Waals surface area contributed by atoms with Crippen LogP contribution in [0.25, 0.3) is 5.69 Å².